The molecule has 16 heavy (non-hydrogen) atoms. The number of hydrogen-bond donors (Lipinski definition) is 0. The predicted octanol–water partition coefficient (Wildman–Crippen LogP) is 4.00. The van der Waals surface area contributed by atoms with Gasteiger partial charge in [-0.05, 0) is 34.0 Å². The zero-order valence-corrected chi connectivity index (χ0v) is 10.9. The van der Waals surface area contributed by atoms with Crippen LogP contribution in [0.5, 0.6) is 0 Å². The predicted molar refractivity (Wildman–Crippen MR) is 67.5 cm³/mol. The highest BCUT2D eigenvalue weighted by Crippen LogP contribution is 2.28. The quantitative estimate of drug-likeness (QED) is 0.784. The van der Waals surface area contributed by atoms with Gasteiger partial charge < -0.3 is 0 Å². The van der Waals surface area contributed by atoms with E-state index in [1.165, 1.54) is 32.1 Å². The van der Waals surface area contributed by atoms with E-state index in [-0.39, 0.29) is 5.78 Å². The van der Waals surface area contributed by atoms with E-state index in [4.69, 9.17) is 0 Å². The Morgan fingerprint density at radius 1 is 1.38 bits per heavy atom. The highest BCUT2D eigenvalue weighted by molar-refractivity contribution is 9.10. The first-order valence-electron chi connectivity index (χ1n) is 5.91. The van der Waals surface area contributed by atoms with Crippen LogP contribution in [0, 0.1) is 5.92 Å². The van der Waals surface area contributed by atoms with Gasteiger partial charge in [-0.3, -0.25) is 9.78 Å². The third kappa shape index (κ3) is 2.91. The number of carbonyl (C=O) groups is 1. The molecule has 1 aromatic rings. The Morgan fingerprint density at radius 3 is 2.81 bits per heavy atom. The molecule has 0 aliphatic heterocycles. The smallest absolute Gasteiger partial charge is 0.182 e. The van der Waals surface area contributed by atoms with Crippen molar-refractivity contribution in [2.45, 2.75) is 38.5 Å². The molecular formula is C13H16BrNO. The van der Waals surface area contributed by atoms with Crippen LogP contribution in [0.4, 0.5) is 0 Å². The average molecular weight is 282 g/mol. The highest BCUT2D eigenvalue weighted by Gasteiger charge is 2.19. The monoisotopic (exact) mass is 281 g/mol. The van der Waals surface area contributed by atoms with E-state index in [0.29, 0.717) is 18.0 Å². The van der Waals surface area contributed by atoms with Crippen molar-refractivity contribution in [3.8, 4) is 0 Å². The van der Waals surface area contributed by atoms with Gasteiger partial charge in [-0.2, -0.15) is 0 Å². The molecule has 1 fully saturated rings. The van der Waals surface area contributed by atoms with Gasteiger partial charge in [-0.25, -0.2) is 0 Å². The third-order valence-corrected chi connectivity index (χ3v) is 3.86. The molecule has 0 radical (unpaired) electrons. The molecule has 0 unspecified atom stereocenters. The van der Waals surface area contributed by atoms with Crippen molar-refractivity contribution >= 4 is 21.7 Å². The van der Waals surface area contributed by atoms with Gasteiger partial charge in [0.2, 0.25) is 0 Å². The number of ketones is 1. The molecule has 86 valence electrons. The molecule has 1 aliphatic carbocycles. The van der Waals surface area contributed by atoms with Crippen molar-refractivity contribution in [3.63, 3.8) is 0 Å². The van der Waals surface area contributed by atoms with E-state index in [2.05, 4.69) is 20.9 Å². The summed E-state index contributed by atoms with van der Waals surface area (Å²) in [4.78, 5) is 16.2. The lowest BCUT2D eigenvalue weighted by Gasteiger charge is -2.20. The summed E-state index contributed by atoms with van der Waals surface area (Å²) in [6, 6.07) is 3.71. The highest BCUT2D eigenvalue weighted by atomic mass is 79.9. The molecule has 1 aliphatic rings. The zero-order chi connectivity index (χ0) is 11.4. The first-order valence-corrected chi connectivity index (χ1v) is 6.70. The molecule has 0 spiro atoms. The maximum absolute atomic E-state index is 12.0. The number of nitrogens with zero attached hydrogens (tertiary/aromatic N) is 1. The summed E-state index contributed by atoms with van der Waals surface area (Å²) in [5.41, 5.74) is 0.591. The van der Waals surface area contributed by atoms with Crippen LogP contribution in [0.25, 0.3) is 0 Å². The Balaban J connectivity index is 2.00. The van der Waals surface area contributed by atoms with E-state index in [9.17, 15) is 4.79 Å². The topological polar surface area (TPSA) is 30.0 Å². The van der Waals surface area contributed by atoms with Crippen molar-refractivity contribution in [2.24, 2.45) is 5.92 Å². The summed E-state index contributed by atoms with van der Waals surface area (Å²) in [6.07, 6.45) is 8.64. The lowest BCUT2D eigenvalue weighted by atomic mass is 9.85. The van der Waals surface area contributed by atoms with Gasteiger partial charge in [-0.15, -0.1) is 0 Å². The molecule has 2 nitrogen and oxygen atoms in total. The second kappa shape index (κ2) is 5.58. The van der Waals surface area contributed by atoms with E-state index in [1.807, 2.05) is 12.1 Å². The van der Waals surface area contributed by atoms with Gasteiger partial charge >= 0.3 is 0 Å². The second-order valence-corrected chi connectivity index (χ2v) is 5.32. The minimum atomic E-state index is 0.180. The van der Waals surface area contributed by atoms with Crippen molar-refractivity contribution in [3.05, 3.63) is 28.5 Å². The van der Waals surface area contributed by atoms with Crippen LogP contribution >= 0.6 is 15.9 Å². The van der Waals surface area contributed by atoms with E-state index in [0.717, 1.165) is 4.47 Å². The van der Waals surface area contributed by atoms with Crippen LogP contribution in [-0.2, 0) is 0 Å². The fraction of sp³-hybridized carbons (Fsp3) is 0.538. The number of aromatic nitrogens is 1. The SMILES string of the molecule is O=C(CC1CCCCC1)c1ncccc1Br. The summed E-state index contributed by atoms with van der Waals surface area (Å²) >= 11 is 3.38. The van der Waals surface area contributed by atoms with E-state index in [1.54, 1.807) is 6.20 Å². The number of rotatable bonds is 3. The number of halogens is 1. The van der Waals surface area contributed by atoms with Crippen LogP contribution in [0.1, 0.15) is 49.0 Å². The van der Waals surface area contributed by atoms with Gasteiger partial charge in [0.25, 0.3) is 0 Å². The lowest BCUT2D eigenvalue weighted by molar-refractivity contribution is 0.0944. The van der Waals surface area contributed by atoms with Crippen molar-refractivity contribution in [2.75, 3.05) is 0 Å². The Kier molecular flexibility index (Phi) is 4.10. The normalized spacial score (nSPS) is 17.3. The molecule has 1 heterocycles. The van der Waals surface area contributed by atoms with Crippen molar-refractivity contribution in [1.29, 1.82) is 0 Å². The van der Waals surface area contributed by atoms with Crippen LogP contribution < -0.4 is 0 Å². The fourth-order valence-corrected chi connectivity index (χ4v) is 2.82. The minimum absolute atomic E-state index is 0.180. The van der Waals surface area contributed by atoms with E-state index < -0.39 is 0 Å². The lowest BCUT2D eigenvalue weighted by Crippen LogP contribution is -2.13. The number of Topliss-reactive ketones (excluding diaryl/α,β-unsaturated/α-hetero) is 1. The van der Waals surface area contributed by atoms with Crippen LogP contribution in [0.15, 0.2) is 22.8 Å². The summed E-state index contributed by atoms with van der Waals surface area (Å²) in [5, 5.41) is 0. The molecule has 3 heteroatoms. The summed E-state index contributed by atoms with van der Waals surface area (Å²) in [5.74, 6) is 0.759. The molecule has 0 saturated heterocycles. The van der Waals surface area contributed by atoms with Gasteiger partial charge in [0.05, 0.1) is 0 Å². The molecular weight excluding hydrogens is 266 g/mol. The maximum atomic E-state index is 12.0. The molecule has 0 N–H and O–H groups in total. The van der Waals surface area contributed by atoms with Crippen molar-refractivity contribution in [1.82, 2.24) is 4.98 Å². The number of hydrogen-bond acceptors (Lipinski definition) is 2. The molecule has 0 atom stereocenters. The maximum Gasteiger partial charge on any atom is 0.182 e. The third-order valence-electron chi connectivity index (χ3n) is 3.22. The molecule has 1 aromatic heterocycles. The molecule has 0 aromatic carbocycles. The molecule has 0 bridgehead atoms. The standard InChI is InChI=1S/C13H16BrNO/c14-11-7-4-8-15-13(11)12(16)9-10-5-2-1-3-6-10/h4,7-8,10H,1-3,5-6,9H2. The Morgan fingerprint density at radius 2 is 2.12 bits per heavy atom. The number of carbonyl (C=O) groups excluding carboxylic acids is 1. The number of pyridine rings is 1. The van der Waals surface area contributed by atoms with Gasteiger partial charge in [-0.1, -0.05) is 32.1 Å². The van der Waals surface area contributed by atoms with Crippen LogP contribution in [-0.4, -0.2) is 10.8 Å². The van der Waals surface area contributed by atoms with Gasteiger partial charge in [0, 0.05) is 17.1 Å². The molecule has 2 rings (SSSR count). The van der Waals surface area contributed by atoms with Crippen LogP contribution in [0.3, 0.4) is 0 Å². The largest absolute Gasteiger partial charge is 0.292 e. The molecule has 0 amide bonds. The summed E-state index contributed by atoms with van der Waals surface area (Å²) in [7, 11) is 0. The Bertz CT molecular complexity index is 372. The molecule has 1 saturated carbocycles. The second-order valence-electron chi connectivity index (χ2n) is 4.47. The average Bonchev–Trinajstić information content (AvgIpc) is 2.31. The fourth-order valence-electron chi connectivity index (χ4n) is 2.34. The Hall–Kier alpha value is -0.700. The van der Waals surface area contributed by atoms with Crippen molar-refractivity contribution < 1.29 is 4.79 Å². The minimum Gasteiger partial charge on any atom is -0.292 e. The first-order chi connectivity index (χ1) is 7.77. The summed E-state index contributed by atoms with van der Waals surface area (Å²) < 4.78 is 0.816. The van der Waals surface area contributed by atoms with Gasteiger partial charge in [0.15, 0.2) is 5.78 Å². The summed E-state index contributed by atoms with van der Waals surface area (Å²) in [6.45, 7) is 0. The first kappa shape index (κ1) is 11.8. The van der Waals surface area contributed by atoms with E-state index >= 15 is 0 Å². The van der Waals surface area contributed by atoms with Crippen LogP contribution in [0.2, 0.25) is 0 Å². The van der Waals surface area contributed by atoms with Gasteiger partial charge in [0.1, 0.15) is 5.69 Å². The zero-order valence-electron chi connectivity index (χ0n) is 9.29. The Labute approximate surface area is 105 Å².